The monoisotopic (exact) mass is 734 g/mol. The molecule has 5 aromatic carbocycles. The lowest BCUT2D eigenvalue weighted by Crippen LogP contribution is -2.54. The number of fused-ring (bicyclic) bond motifs is 1. The quantitative estimate of drug-likeness (QED) is 0.0886. The summed E-state index contributed by atoms with van der Waals surface area (Å²) in [6.07, 6.45) is -0.814. The molecular formula is C41H43N4O7P. The normalized spacial score (nSPS) is 13.8. The topological polar surface area (TPSA) is 177 Å². The summed E-state index contributed by atoms with van der Waals surface area (Å²) >= 11 is 0. The predicted octanol–water partition coefficient (Wildman–Crippen LogP) is 4.29. The number of methoxy groups -OCH3 is 1. The zero-order valence-electron chi connectivity index (χ0n) is 29.3. The standard InChI is InChI=1S/C41H43N4O7P/c1-52-34-20-17-30(18-21-34)25-37(46)45-39(26-29-12-6-3-7-13-29)53(50,51)27-38(47)43-36(23-28-10-4-2-5-11-28)41(49)44-35(40(42)48)24-31-16-19-32-14-8-9-15-33(32)22-31/h2-22,35-36,39H,23-27H2,1H3,(H2,42,48)(H,43,47)(H,44,49)(H,45,46)(H,50,51)/t35-,36-,39?/m0/s1. The molecular weight excluding hydrogens is 691 g/mol. The van der Waals surface area contributed by atoms with Crippen LogP contribution in [-0.2, 0) is 49.4 Å². The van der Waals surface area contributed by atoms with Crippen molar-refractivity contribution in [2.75, 3.05) is 13.3 Å². The third-order valence-electron chi connectivity index (χ3n) is 8.83. The molecule has 0 aliphatic heterocycles. The lowest BCUT2D eigenvalue weighted by molar-refractivity contribution is -0.130. The molecule has 0 bridgehead atoms. The van der Waals surface area contributed by atoms with Crippen LogP contribution >= 0.6 is 7.37 Å². The second kappa shape index (κ2) is 18.1. The Morgan fingerprint density at radius 3 is 1.83 bits per heavy atom. The number of benzene rings is 5. The van der Waals surface area contributed by atoms with Crippen molar-refractivity contribution in [1.82, 2.24) is 16.0 Å². The number of nitrogens with one attached hydrogen (secondary N) is 3. The number of rotatable bonds is 17. The zero-order valence-corrected chi connectivity index (χ0v) is 30.2. The molecule has 2 unspecified atom stereocenters. The van der Waals surface area contributed by atoms with E-state index in [0.717, 1.165) is 16.3 Å². The van der Waals surface area contributed by atoms with Crippen molar-refractivity contribution in [3.05, 3.63) is 150 Å². The molecule has 4 amide bonds. The van der Waals surface area contributed by atoms with Gasteiger partial charge in [0.15, 0.2) is 0 Å². The van der Waals surface area contributed by atoms with Gasteiger partial charge in [-0.15, -0.1) is 0 Å². The zero-order chi connectivity index (χ0) is 37.8. The number of ether oxygens (including phenoxy) is 1. The average molecular weight is 735 g/mol. The van der Waals surface area contributed by atoms with E-state index in [9.17, 15) is 28.6 Å². The maximum Gasteiger partial charge on any atom is 0.243 e. The molecule has 5 rings (SSSR count). The highest BCUT2D eigenvalue weighted by Gasteiger charge is 2.36. The molecule has 11 nitrogen and oxygen atoms in total. The fourth-order valence-corrected chi connectivity index (χ4v) is 7.57. The van der Waals surface area contributed by atoms with Crippen LogP contribution in [0.3, 0.4) is 0 Å². The van der Waals surface area contributed by atoms with Gasteiger partial charge in [-0.2, -0.15) is 0 Å². The highest BCUT2D eigenvalue weighted by Crippen LogP contribution is 2.46. The van der Waals surface area contributed by atoms with Crippen LogP contribution in [0.1, 0.15) is 22.3 Å². The average Bonchev–Trinajstić information content (AvgIpc) is 3.15. The van der Waals surface area contributed by atoms with Gasteiger partial charge in [0.05, 0.1) is 13.5 Å². The first-order valence-electron chi connectivity index (χ1n) is 17.2. The molecule has 6 N–H and O–H groups in total. The highest BCUT2D eigenvalue weighted by atomic mass is 31.2. The Labute approximate surface area is 308 Å². The van der Waals surface area contributed by atoms with Gasteiger partial charge in [0.1, 0.15) is 29.8 Å². The van der Waals surface area contributed by atoms with Crippen LogP contribution in [0.5, 0.6) is 5.75 Å². The fourth-order valence-electron chi connectivity index (χ4n) is 6.01. The van der Waals surface area contributed by atoms with E-state index in [2.05, 4.69) is 16.0 Å². The minimum atomic E-state index is -4.44. The molecule has 4 atom stereocenters. The Morgan fingerprint density at radius 2 is 1.21 bits per heavy atom. The van der Waals surface area contributed by atoms with Crippen LogP contribution < -0.4 is 26.4 Å². The second-order valence-corrected chi connectivity index (χ2v) is 15.3. The Morgan fingerprint density at radius 1 is 0.642 bits per heavy atom. The molecule has 0 aliphatic carbocycles. The number of carbonyl (C=O) groups is 4. The maximum atomic E-state index is 14.0. The van der Waals surface area contributed by atoms with E-state index in [1.54, 1.807) is 78.9 Å². The number of hydrogen-bond donors (Lipinski definition) is 5. The Balaban J connectivity index is 1.31. The third kappa shape index (κ3) is 11.4. The fraction of sp³-hybridized carbons (Fsp3) is 0.220. The lowest BCUT2D eigenvalue weighted by Gasteiger charge is -2.26. The van der Waals surface area contributed by atoms with Crippen LogP contribution in [-0.4, -0.2) is 59.7 Å². The largest absolute Gasteiger partial charge is 0.497 e. The number of hydrogen-bond acceptors (Lipinski definition) is 6. The van der Waals surface area contributed by atoms with Gasteiger partial charge in [0.2, 0.25) is 31.0 Å². The van der Waals surface area contributed by atoms with E-state index < -0.39 is 55.0 Å². The Hall–Kier alpha value is -5.77. The predicted molar refractivity (Wildman–Crippen MR) is 204 cm³/mol. The van der Waals surface area contributed by atoms with Crippen LogP contribution in [0.2, 0.25) is 0 Å². The molecule has 0 saturated heterocycles. The molecule has 0 spiro atoms. The molecule has 5 aromatic rings. The third-order valence-corrected chi connectivity index (χ3v) is 10.9. The first kappa shape index (κ1) is 38.5. The van der Waals surface area contributed by atoms with Crippen molar-refractivity contribution < 1.29 is 33.4 Å². The number of amides is 4. The second-order valence-electron chi connectivity index (χ2n) is 12.9. The molecule has 12 heteroatoms. The molecule has 0 saturated carbocycles. The van der Waals surface area contributed by atoms with Crippen molar-refractivity contribution >= 4 is 41.8 Å². The van der Waals surface area contributed by atoms with Gasteiger partial charge in [-0.25, -0.2) is 0 Å². The summed E-state index contributed by atoms with van der Waals surface area (Å²) in [6.45, 7) is 0. The van der Waals surface area contributed by atoms with Crippen LogP contribution in [0.25, 0.3) is 10.8 Å². The van der Waals surface area contributed by atoms with E-state index in [-0.39, 0.29) is 25.7 Å². The minimum absolute atomic E-state index is 0.0146. The minimum Gasteiger partial charge on any atom is -0.497 e. The summed E-state index contributed by atoms with van der Waals surface area (Å²) in [7, 11) is -2.91. The maximum absolute atomic E-state index is 14.0. The summed E-state index contributed by atoms with van der Waals surface area (Å²) in [4.78, 5) is 64.4. The van der Waals surface area contributed by atoms with E-state index in [1.807, 2.05) is 48.5 Å². The Kier molecular flexibility index (Phi) is 13.2. The molecule has 274 valence electrons. The smallest absolute Gasteiger partial charge is 0.243 e. The van der Waals surface area contributed by atoms with Gasteiger partial charge in [-0.1, -0.05) is 115 Å². The van der Waals surface area contributed by atoms with Gasteiger partial charge in [-0.05, 0) is 45.2 Å². The SMILES string of the molecule is COc1ccc(CC(=O)NC(Cc2ccccc2)P(=O)(O)CC(=O)N[C@@H](Cc2ccccc2)C(=O)N[C@@H](Cc2ccc3ccccc3c2)C(N)=O)cc1. The summed E-state index contributed by atoms with van der Waals surface area (Å²) in [5.74, 6) is -3.51. The number of nitrogens with two attached hydrogens (primary N) is 1. The van der Waals surface area contributed by atoms with Crippen LogP contribution in [0.15, 0.2) is 127 Å². The number of primary amides is 1. The molecule has 0 heterocycles. The molecule has 0 radical (unpaired) electrons. The lowest BCUT2D eigenvalue weighted by atomic mass is 10.00. The van der Waals surface area contributed by atoms with E-state index in [4.69, 9.17) is 10.5 Å². The van der Waals surface area contributed by atoms with Gasteiger partial charge >= 0.3 is 0 Å². The van der Waals surface area contributed by atoms with Crippen molar-refractivity contribution in [3.8, 4) is 5.75 Å². The summed E-state index contributed by atoms with van der Waals surface area (Å²) < 4.78 is 19.1. The molecule has 0 fully saturated rings. The van der Waals surface area contributed by atoms with E-state index in [0.29, 0.717) is 22.4 Å². The summed E-state index contributed by atoms with van der Waals surface area (Å²) in [5, 5.41) is 9.97. The molecule has 0 aliphatic rings. The van der Waals surface area contributed by atoms with Crippen molar-refractivity contribution in [2.24, 2.45) is 5.73 Å². The van der Waals surface area contributed by atoms with E-state index in [1.165, 1.54) is 7.11 Å². The summed E-state index contributed by atoms with van der Waals surface area (Å²) in [6, 6.07) is 35.8. The first-order valence-corrected chi connectivity index (χ1v) is 19.1. The van der Waals surface area contributed by atoms with Crippen LogP contribution in [0, 0.1) is 0 Å². The first-order chi connectivity index (χ1) is 25.5. The van der Waals surface area contributed by atoms with Gasteiger partial charge in [0.25, 0.3) is 0 Å². The Bertz CT molecular complexity index is 2080. The highest BCUT2D eigenvalue weighted by molar-refractivity contribution is 7.59. The van der Waals surface area contributed by atoms with Crippen molar-refractivity contribution in [3.63, 3.8) is 0 Å². The van der Waals surface area contributed by atoms with Gasteiger partial charge < -0.3 is 31.3 Å². The van der Waals surface area contributed by atoms with Gasteiger partial charge in [-0.3, -0.25) is 23.7 Å². The summed E-state index contributed by atoms with van der Waals surface area (Å²) in [5.41, 5.74) is 8.56. The van der Waals surface area contributed by atoms with Crippen molar-refractivity contribution in [2.45, 2.75) is 43.5 Å². The molecule has 53 heavy (non-hydrogen) atoms. The van der Waals surface area contributed by atoms with Crippen molar-refractivity contribution in [1.29, 1.82) is 0 Å². The van der Waals surface area contributed by atoms with Crippen LogP contribution in [0.4, 0.5) is 0 Å². The number of carbonyl (C=O) groups excluding carboxylic acids is 4. The van der Waals surface area contributed by atoms with E-state index >= 15 is 0 Å². The molecule has 0 aromatic heterocycles. The van der Waals surface area contributed by atoms with Gasteiger partial charge in [0, 0.05) is 19.3 Å².